The second-order valence-corrected chi connectivity index (χ2v) is 4.03. The van der Waals surface area contributed by atoms with Gasteiger partial charge in [-0.05, 0) is 0 Å². The lowest BCUT2D eigenvalue weighted by Gasteiger charge is -2.25. The highest BCUT2D eigenvalue weighted by molar-refractivity contribution is 7.85. The molecule has 54 valence electrons. The van der Waals surface area contributed by atoms with Crippen LogP contribution in [0.4, 0.5) is 0 Å². The third-order valence-corrected chi connectivity index (χ3v) is 2.78. The monoisotopic (exact) mass is 150 g/mol. The lowest BCUT2D eigenvalue weighted by atomic mass is 10.1. The Morgan fingerprint density at radius 1 is 1.22 bits per heavy atom. The minimum Gasteiger partial charge on any atom is -0.366 e. The molecule has 0 bridgehead atoms. The molecule has 1 heterocycles. The zero-order valence-electron chi connectivity index (χ0n) is 5.04. The zero-order valence-corrected chi connectivity index (χ0v) is 5.86. The zero-order chi connectivity index (χ0) is 6.91. The summed E-state index contributed by atoms with van der Waals surface area (Å²) in [6.07, 6.45) is 0.499. The summed E-state index contributed by atoms with van der Waals surface area (Å²) in [6, 6.07) is 0. The average Bonchev–Trinajstić information content (AvgIpc) is 1.78. The summed E-state index contributed by atoms with van der Waals surface area (Å²) in [7, 11) is -0.807. The first-order valence-electron chi connectivity index (χ1n) is 2.90. The van der Waals surface area contributed by atoms with Gasteiger partial charge in [0, 0.05) is 35.1 Å². The van der Waals surface area contributed by atoms with Crippen molar-refractivity contribution in [2.45, 2.75) is 18.6 Å². The molecule has 0 saturated carbocycles. The molecule has 0 atom stereocenters. The minimum absolute atomic E-state index is 0.250. The number of rotatable bonds is 0. The summed E-state index contributed by atoms with van der Waals surface area (Å²) in [5.74, 6) is -0.687. The molecule has 1 rings (SSSR count). The molecular formula is C5H10O3S. The van der Waals surface area contributed by atoms with Gasteiger partial charge in [0.2, 0.25) is 0 Å². The first-order valence-corrected chi connectivity index (χ1v) is 4.39. The smallest absolute Gasteiger partial charge is 0.164 e. The SMILES string of the molecule is O=S1CCC(O)(O)CC1. The maximum atomic E-state index is 10.6. The van der Waals surface area contributed by atoms with Crippen molar-refractivity contribution in [1.82, 2.24) is 0 Å². The van der Waals surface area contributed by atoms with E-state index in [0.717, 1.165) is 0 Å². The van der Waals surface area contributed by atoms with Gasteiger partial charge in [0.05, 0.1) is 0 Å². The molecule has 0 aromatic heterocycles. The largest absolute Gasteiger partial charge is 0.366 e. The topological polar surface area (TPSA) is 57.5 Å². The van der Waals surface area contributed by atoms with Crippen molar-refractivity contribution in [3.8, 4) is 0 Å². The molecule has 1 fully saturated rings. The van der Waals surface area contributed by atoms with Gasteiger partial charge >= 0.3 is 0 Å². The number of hydrogen-bond acceptors (Lipinski definition) is 3. The Labute approximate surface area is 56.2 Å². The van der Waals surface area contributed by atoms with E-state index in [4.69, 9.17) is 10.2 Å². The fraction of sp³-hybridized carbons (Fsp3) is 1.00. The van der Waals surface area contributed by atoms with Crippen LogP contribution in [-0.4, -0.2) is 31.7 Å². The first-order chi connectivity index (χ1) is 4.10. The van der Waals surface area contributed by atoms with Crippen molar-refractivity contribution in [3.63, 3.8) is 0 Å². The molecule has 2 N–H and O–H groups in total. The van der Waals surface area contributed by atoms with Gasteiger partial charge in [-0.25, -0.2) is 0 Å². The molecule has 9 heavy (non-hydrogen) atoms. The van der Waals surface area contributed by atoms with E-state index in [1.54, 1.807) is 0 Å². The molecule has 3 nitrogen and oxygen atoms in total. The third-order valence-electron chi connectivity index (χ3n) is 1.46. The van der Waals surface area contributed by atoms with E-state index in [1.165, 1.54) is 0 Å². The van der Waals surface area contributed by atoms with Gasteiger partial charge in [-0.15, -0.1) is 0 Å². The van der Waals surface area contributed by atoms with Crippen LogP contribution in [0.5, 0.6) is 0 Å². The molecule has 4 heteroatoms. The van der Waals surface area contributed by atoms with E-state index in [-0.39, 0.29) is 12.8 Å². The Balaban J connectivity index is 2.44. The fourth-order valence-corrected chi connectivity index (χ4v) is 2.09. The Morgan fingerprint density at radius 2 is 1.67 bits per heavy atom. The molecule has 0 spiro atoms. The van der Waals surface area contributed by atoms with E-state index in [2.05, 4.69) is 0 Å². The van der Waals surface area contributed by atoms with Crippen molar-refractivity contribution in [3.05, 3.63) is 0 Å². The molecular weight excluding hydrogens is 140 g/mol. The lowest BCUT2D eigenvalue weighted by Crippen LogP contribution is -2.36. The lowest BCUT2D eigenvalue weighted by molar-refractivity contribution is -0.164. The second-order valence-electron chi connectivity index (χ2n) is 2.33. The standard InChI is InChI=1S/C5H10O3S/c6-5(7)1-3-9(8)4-2-5/h6-7H,1-4H2. The molecule has 0 aromatic carbocycles. The summed E-state index contributed by atoms with van der Waals surface area (Å²) < 4.78 is 10.6. The summed E-state index contributed by atoms with van der Waals surface area (Å²) in [4.78, 5) is 0. The van der Waals surface area contributed by atoms with E-state index in [9.17, 15) is 4.21 Å². The summed E-state index contributed by atoms with van der Waals surface area (Å²) in [6.45, 7) is 0. The Kier molecular flexibility index (Phi) is 1.88. The molecule has 0 amide bonds. The quantitative estimate of drug-likeness (QED) is 0.445. The van der Waals surface area contributed by atoms with Gasteiger partial charge in [0.15, 0.2) is 5.79 Å². The highest BCUT2D eigenvalue weighted by atomic mass is 32.2. The maximum absolute atomic E-state index is 10.6. The van der Waals surface area contributed by atoms with E-state index in [0.29, 0.717) is 11.5 Å². The van der Waals surface area contributed by atoms with E-state index < -0.39 is 16.6 Å². The van der Waals surface area contributed by atoms with Gasteiger partial charge in [0.25, 0.3) is 0 Å². The van der Waals surface area contributed by atoms with Crippen molar-refractivity contribution < 1.29 is 14.4 Å². The Hall–Kier alpha value is 0.0700. The summed E-state index contributed by atoms with van der Waals surface area (Å²) in [5.41, 5.74) is 0. The fourth-order valence-electron chi connectivity index (χ4n) is 0.782. The summed E-state index contributed by atoms with van der Waals surface area (Å²) >= 11 is 0. The van der Waals surface area contributed by atoms with Crippen LogP contribution >= 0.6 is 0 Å². The van der Waals surface area contributed by atoms with Crippen LogP contribution in [0.1, 0.15) is 12.8 Å². The highest BCUT2D eigenvalue weighted by Crippen LogP contribution is 2.17. The van der Waals surface area contributed by atoms with Gasteiger partial charge < -0.3 is 10.2 Å². The molecule has 0 unspecified atom stereocenters. The average molecular weight is 150 g/mol. The first kappa shape index (κ1) is 7.18. The molecule has 0 aliphatic carbocycles. The normalized spacial score (nSPS) is 28.2. The van der Waals surface area contributed by atoms with Crippen LogP contribution in [0.25, 0.3) is 0 Å². The van der Waals surface area contributed by atoms with Crippen LogP contribution in [0.2, 0.25) is 0 Å². The molecule has 0 radical (unpaired) electrons. The minimum atomic E-state index is -1.53. The number of aliphatic hydroxyl groups is 2. The van der Waals surface area contributed by atoms with Crippen LogP contribution in [-0.2, 0) is 10.8 Å². The second kappa shape index (κ2) is 2.36. The van der Waals surface area contributed by atoms with Gasteiger partial charge in [-0.1, -0.05) is 0 Å². The van der Waals surface area contributed by atoms with Crippen LogP contribution in [0, 0.1) is 0 Å². The predicted molar refractivity (Wildman–Crippen MR) is 34.3 cm³/mol. The third kappa shape index (κ3) is 2.04. The summed E-state index contributed by atoms with van der Waals surface area (Å²) in [5, 5.41) is 17.8. The van der Waals surface area contributed by atoms with Crippen molar-refractivity contribution >= 4 is 10.8 Å². The number of hydrogen-bond donors (Lipinski definition) is 2. The molecule has 1 aliphatic rings. The van der Waals surface area contributed by atoms with Crippen LogP contribution in [0.3, 0.4) is 0 Å². The van der Waals surface area contributed by atoms with Crippen LogP contribution in [0.15, 0.2) is 0 Å². The van der Waals surface area contributed by atoms with Gasteiger partial charge in [0.1, 0.15) is 0 Å². The maximum Gasteiger partial charge on any atom is 0.164 e. The predicted octanol–water partition coefficient (Wildman–Crippen LogP) is -0.790. The Morgan fingerprint density at radius 3 is 2.00 bits per heavy atom. The molecule has 1 aliphatic heterocycles. The van der Waals surface area contributed by atoms with Crippen molar-refractivity contribution in [2.75, 3.05) is 11.5 Å². The van der Waals surface area contributed by atoms with Gasteiger partial charge in [-0.3, -0.25) is 4.21 Å². The van der Waals surface area contributed by atoms with Crippen molar-refractivity contribution in [1.29, 1.82) is 0 Å². The highest BCUT2D eigenvalue weighted by Gasteiger charge is 2.28. The molecule has 1 saturated heterocycles. The Bertz CT molecular complexity index is 120. The van der Waals surface area contributed by atoms with E-state index in [1.807, 2.05) is 0 Å². The van der Waals surface area contributed by atoms with Gasteiger partial charge in [-0.2, -0.15) is 0 Å². The molecule has 0 aromatic rings. The van der Waals surface area contributed by atoms with Crippen molar-refractivity contribution in [2.24, 2.45) is 0 Å². The van der Waals surface area contributed by atoms with E-state index >= 15 is 0 Å². The van der Waals surface area contributed by atoms with Crippen LogP contribution < -0.4 is 0 Å².